The predicted molar refractivity (Wildman–Crippen MR) is 79.3 cm³/mol. The number of carbonyl (C=O) groups is 2. The normalized spacial score (nSPS) is 17.8. The zero-order chi connectivity index (χ0) is 15.7. The van der Waals surface area contributed by atoms with E-state index in [2.05, 4.69) is 15.5 Å². The van der Waals surface area contributed by atoms with Gasteiger partial charge in [-0.05, 0) is 25.5 Å². The van der Waals surface area contributed by atoms with Gasteiger partial charge in [-0.3, -0.25) is 9.59 Å². The summed E-state index contributed by atoms with van der Waals surface area (Å²) in [5.74, 6) is -1.21. The third-order valence-electron chi connectivity index (χ3n) is 3.37. The van der Waals surface area contributed by atoms with Crippen LogP contribution in [0.5, 0.6) is 0 Å². The molecule has 2 aromatic rings. The van der Waals surface area contributed by atoms with Crippen molar-refractivity contribution in [3.8, 4) is 0 Å². The lowest BCUT2D eigenvalue weighted by Crippen LogP contribution is -2.41. The van der Waals surface area contributed by atoms with Gasteiger partial charge in [0, 0.05) is 6.54 Å². The van der Waals surface area contributed by atoms with E-state index in [1.54, 1.807) is 25.1 Å². The average Bonchev–Trinajstić information content (AvgIpc) is 3.07. The molecule has 0 spiro atoms. The summed E-state index contributed by atoms with van der Waals surface area (Å²) in [6.45, 7) is 2.11. The average molecular weight is 320 g/mol. The Labute approximate surface area is 130 Å². The molecule has 2 amide bonds. The Balaban J connectivity index is 1.72. The molecule has 1 aromatic carbocycles. The van der Waals surface area contributed by atoms with Crippen LogP contribution in [0.4, 0.5) is 10.1 Å². The summed E-state index contributed by atoms with van der Waals surface area (Å²) in [5.41, 5.74) is 0.232. The van der Waals surface area contributed by atoms with Gasteiger partial charge in [0.2, 0.25) is 10.9 Å². The summed E-state index contributed by atoms with van der Waals surface area (Å²) < 4.78 is 13.8. The van der Waals surface area contributed by atoms with Crippen LogP contribution in [0.2, 0.25) is 0 Å². The molecule has 0 saturated carbocycles. The van der Waals surface area contributed by atoms with Crippen molar-refractivity contribution in [3.63, 3.8) is 0 Å². The van der Waals surface area contributed by atoms with Crippen LogP contribution in [-0.4, -0.2) is 34.6 Å². The molecule has 1 aliphatic heterocycles. The number of nitrogens with zero attached hydrogens (tertiary/aromatic N) is 3. The number of hydrogen-bond acceptors (Lipinski definition) is 5. The molecule has 0 unspecified atom stereocenters. The Kier molecular flexibility index (Phi) is 3.84. The van der Waals surface area contributed by atoms with Gasteiger partial charge in [0.25, 0.3) is 5.91 Å². The van der Waals surface area contributed by atoms with Crippen molar-refractivity contribution in [2.24, 2.45) is 0 Å². The summed E-state index contributed by atoms with van der Waals surface area (Å²) in [4.78, 5) is 25.7. The number of rotatable bonds is 3. The molecule has 2 heterocycles. The lowest BCUT2D eigenvalue weighted by molar-refractivity contribution is -0.118. The summed E-state index contributed by atoms with van der Waals surface area (Å²) >= 11 is 1.16. The van der Waals surface area contributed by atoms with Crippen molar-refractivity contribution in [1.29, 1.82) is 0 Å². The minimum Gasteiger partial charge on any atom is -0.338 e. The first-order valence-electron chi connectivity index (χ1n) is 6.73. The van der Waals surface area contributed by atoms with E-state index in [1.807, 2.05) is 0 Å². The Morgan fingerprint density at radius 2 is 2.18 bits per heavy atom. The molecule has 3 rings (SSSR count). The number of halogens is 1. The smallest absolute Gasteiger partial charge is 0.282 e. The van der Waals surface area contributed by atoms with E-state index in [0.29, 0.717) is 18.0 Å². The fraction of sp³-hybridized carbons (Fsp3) is 0.286. The Hall–Kier alpha value is -2.35. The largest absolute Gasteiger partial charge is 0.338 e. The van der Waals surface area contributed by atoms with E-state index < -0.39 is 17.8 Å². The molecular formula is C14H13FN4O2S. The molecule has 0 bridgehead atoms. The highest BCUT2D eigenvalue weighted by Crippen LogP contribution is 2.24. The maximum Gasteiger partial charge on any atom is 0.282 e. The standard InChI is InChI=1S/C14H13FN4O2S/c1-8-17-18-13(22-8)12(20)16-10-6-7-19(14(10)21)11-5-3-2-4-9(11)15/h2-5,10H,6-7H2,1H3,(H,16,20)/t10-/m1/s1. The fourth-order valence-electron chi connectivity index (χ4n) is 2.33. The summed E-state index contributed by atoms with van der Waals surface area (Å²) in [6, 6.07) is 5.42. The lowest BCUT2D eigenvalue weighted by atomic mass is 10.2. The topological polar surface area (TPSA) is 75.2 Å². The predicted octanol–water partition coefficient (Wildman–Crippen LogP) is 1.52. The minimum atomic E-state index is -0.670. The summed E-state index contributed by atoms with van der Waals surface area (Å²) in [5, 5.41) is 11.0. The van der Waals surface area contributed by atoms with E-state index in [-0.39, 0.29) is 16.6 Å². The SMILES string of the molecule is Cc1nnc(C(=O)N[C@@H]2CCN(c3ccccc3F)C2=O)s1. The molecule has 6 nitrogen and oxygen atoms in total. The second kappa shape index (κ2) is 5.80. The fourth-order valence-corrected chi connectivity index (χ4v) is 2.93. The van der Waals surface area contributed by atoms with Crippen LogP contribution in [0, 0.1) is 12.7 Å². The van der Waals surface area contributed by atoms with E-state index >= 15 is 0 Å². The highest BCUT2D eigenvalue weighted by atomic mass is 32.1. The molecule has 0 aliphatic carbocycles. The van der Waals surface area contributed by atoms with Crippen molar-refractivity contribution in [2.75, 3.05) is 11.4 Å². The molecule has 1 aromatic heterocycles. The van der Waals surface area contributed by atoms with Gasteiger partial charge in [0.05, 0.1) is 5.69 Å². The first-order valence-corrected chi connectivity index (χ1v) is 7.55. The number of carbonyl (C=O) groups excluding carboxylic acids is 2. The zero-order valence-corrected chi connectivity index (χ0v) is 12.6. The van der Waals surface area contributed by atoms with Crippen molar-refractivity contribution >= 4 is 28.8 Å². The number of nitrogens with one attached hydrogen (secondary N) is 1. The number of aromatic nitrogens is 2. The minimum absolute atomic E-state index is 0.217. The lowest BCUT2D eigenvalue weighted by Gasteiger charge is -2.17. The van der Waals surface area contributed by atoms with E-state index in [1.165, 1.54) is 11.0 Å². The van der Waals surface area contributed by atoms with Crippen LogP contribution in [-0.2, 0) is 4.79 Å². The van der Waals surface area contributed by atoms with Crippen LogP contribution >= 0.6 is 11.3 Å². The molecule has 1 atom stereocenters. The van der Waals surface area contributed by atoms with Gasteiger partial charge in [0.1, 0.15) is 16.9 Å². The number of hydrogen-bond donors (Lipinski definition) is 1. The van der Waals surface area contributed by atoms with Crippen molar-refractivity contribution in [1.82, 2.24) is 15.5 Å². The molecule has 22 heavy (non-hydrogen) atoms. The number of aryl methyl sites for hydroxylation is 1. The Morgan fingerprint density at radius 1 is 1.41 bits per heavy atom. The van der Waals surface area contributed by atoms with E-state index in [0.717, 1.165) is 11.3 Å². The van der Waals surface area contributed by atoms with Crippen molar-refractivity contribution in [2.45, 2.75) is 19.4 Å². The van der Waals surface area contributed by atoms with Crippen LogP contribution in [0.3, 0.4) is 0 Å². The second-order valence-corrected chi connectivity index (χ2v) is 6.06. The molecule has 114 valence electrons. The van der Waals surface area contributed by atoms with Crippen LogP contribution < -0.4 is 10.2 Å². The van der Waals surface area contributed by atoms with Gasteiger partial charge < -0.3 is 10.2 Å². The molecule has 1 aliphatic rings. The molecule has 0 radical (unpaired) electrons. The van der Waals surface area contributed by atoms with Crippen molar-refractivity contribution in [3.05, 3.63) is 40.1 Å². The number of anilines is 1. The van der Waals surface area contributed by atoms with Gasteiger partial charge >= 0.3 is 0 Å². The highest BCUT2D eigenvalue weighted by molar-refractivity contribution is 7.13. The Bertz CT molecular complexity index is 733. The number of amides is 2. The Morgan fingerprint density at radius 3 is 2.86 bits per heavy atom. The first kappa shape index (κ1) is 14.6. The van der Waals surface area contributed by atoms with E-state index in [4.69, 9.17) is 0 Å². The molecular weight excluding hydrogens is 307 g/mol. The van der Waals surface area contributed by atoms with Gasteiger partial charge in [0.15, 0.2) is 0 Å². The zero-order valence-electron chi connectivity index (χ0n) is 11.7. The van der Waals surface area contributed by atoms with Gasteiger partial charge in [-0.1, -0.05) is 23.5 Å². The monoisotopic (exact) mass is 320 g/mol. The summed E-state index contributed by atoms with van der Waals surface area (Å²) in [7, 11) is 0. The molecule has 1 N–H and O–H groups in total. The quantitative estimate of drug-likeness (QED) is 0.930. The number of benzene rings is 1. The third-order valence-corrected chi connectivity index (χ3v) is 4.21. The summed E-state index contributed by atoms with van der Waals surface area (Å²) in [6.07, 6.45) is 0.427. The van der Waals surface area contributed by atoms with Gasteiger partial charge in [-0.2, -0.15) is 0 Å². The molecule has 1 fully saturated rings. The van der Waals surface area contributed by atoms with E-state index in [9.17, 15) is 14.0 Å². The maximum absolute atomic E-state index is 13.8. The van der Waals surface area contributed by atoms with Crippen molar-refractivity contribution < 1.29 is 14.0 Å². The van der Waals surface area contributed by atoms with Gasteiger partial charge in [-0.25, -0.2) is 4.39 Å². The number of para-hydroxylation sites is 1. The van der Waals surface area contributed by atoms with Gasteiger partial charge in [-0.15, -0.1) is 10.2 Å². The maximum atomic E-state index is 13.8. The molecule has 1 saturated heterocycles. The van der Waals surface area contributed by atoms with Crippen LogP contribution in [0.1, 0.15) is 21.2 Å². The van der Waals surface area contributed by atoms with Crippen LogP contribution in [0.25, 0.3) is 0 Å². The first-order chi connectivity index (χ1) is 10.6. The highest BCUT2D eigenvalue weighted by Gasteiger charge is 2.35. The second-order valence-electron chi connectivity index (χ2n) is 4.88. The molecule has 8 heteroatoms. The van der Waals surface area contributed by atoms with Crippen LogP contribution in [0.15, 0.2) is 24.3 Å². The third kappa shape index (κ3) is 2.69.